The SMILES string of the molecule is CCCC1=C(C(=O)OCC)[C@H](c2cc(Br)ccc2OC)n2c(s/c(=C/c3cc(C)n(-c4ccc(Br)cc4)c3C)c2=O)=N1. The number of rotatable bonds is 8. The van der Waals surface area contributed by atoms with E-state index < -0.39 is 12.0 Å². The van der Waals surface area contributed by atoms with Crippen LogP contribution in [-0.2, 0) is 9.53 Å². The minimum Gasteiger partial charge on any atom is -0.496 e. The van der Waals surface area contributed by atoms with Crippen molar-refractivity contribution in [1.29, 1.82) is 0 Å². The first kappa shape index (κ1) is 30.3. The Bertz CT molecular complexity index is 1880. The molecule has 218 valence electrons. The Morgan fingerprint density at radius 1 is 1.07 bits per heavy atom. The van der Waals surface area contributed by atoms with E-state index in [2.05, 4.69) is 61.5 Å². The summed E-state index contributed by atoms with van der Waals surface area (Å²) in [6.07, 6.45) is 3.27. The van der Waals surface area contributed by atoms with E-state index in [9.17, 15) is 9.59 Å². The maximum atomic E-state index is 14.2. The fourth-order valence-corrected chi connectivity index (χ4v) is 7.05. The summed E-state index contributed by atoms with van der Waals surface area (Å²) in [7, 11) is 1.58. The zero-order valence-electron chi connectivity index (χ0n) is 24.0. The molecule has 0 unspecified atom stereocenters. The van der Waals surface area contributed by atoms with Crippen LogP contribution in [0.5, 0.6) is 5.75 Å². The molecule has 0 saturated carbocycles. The summed E-state index contributed by atoms with van der Waals surface area (Å²) < 4.78 is 17.4. The normalized spacial score (nSPS) is 15.0. The van der Waals surface area contributed by atoms with Crippen molar-refractivity contribution < 1.29 is 14.3 Å². The molecule has 0 N–H and O–H groups in total. The minimum atomic E-state index is -0.758. The van der Waals surface area contributed by atoms with Gasteiger partial charge in [0.15, 0.2) is 4.80 Å². The van der Waals surface area contributed by atoms with Gasteiger partial charge in [0.1, 0.15) is 11.8 Å². The van der Waals surface area contributed by atoms with Gasteiger partial charge in [0.05, 0.1) is 29.5 Å². The van der Waals surface area contributed by atoms with E-state index in [0.717, 1.165) is 38.0 Å². The van der Waals surface area contributed by atoms with Gasteiger partial charge >= 0.3 is 5.97 Å². The Morgan fingerprint density at radius 2 is 1.79 bits per heavy atom. The highest BCUT2D eigenvalue weighted by atomic mass is 79.9. The Kier molecular flexibility index (Phi) is 9.05. The molecule has 0 bridgehead atoms. The third-order valence-electron chi connectivity index (χ3n) is 7.22. The van der Waals surface area contributed by atoms with Crippen LogP contribution in [0.2, 0.25) is 0 Å². The minimum absolute atomic E-state index is 0.211. The zero-order valence-corrected chi connectivity index (χ0v) is 28.0. The fourth-order valence-electron chi connectivity index (χ4n) is 5.40. The molecular formula is C32H31Br2N3O4S. The molecule has 7 nitrogen and oxygen atoms in total. The molecule has 1 aliphatic rings. The molecular weight excluding hydrogens is 682 g/mol. The average Bonchev–Trinajstić information content (AvgIpc) is 3.42. The van der Waals surface area contributed by atoms with Crippen LogP contribution >= 0.6 is 43.2 Å². The molecule has 5 rings (SSSR count). The van der Waals surface area contributed by atoms with Gasteiger partial charge in [-0.1, -0.05) is 56.5 Å². The number of hydrogen-bond acceptors (Lipinski definition) is 6. The third kappa shape index (κ3) is 5.59. The quantitative estimate of drug-likeness (QED) is 0.195. The molecule has 0 saturated heterocycles. The topological polar surface area (TPSA) is 74.8 Å². The molecule has 42 heavy (non-hydrogen) atoms. The molecule has 0 amide bonds. The van der Waals surface area contributed by atoms with E-state index in [1.165, 1.54) is 11.3 Å². The molecule has 3 heterocycles. The van der Waals surface area contributed by atoms with Crippen LogP contribution in [0.3, 0.4) is 0 Å². The van der Waals surface area contributed by atoms with E-state index in [1.54, 1.807) is 18.6 Å². The van der Waals surface area contributed by atoms with Gasteiger partial charge < -0.3 is 14.0 Å². The number of halogens is 2. The zero-order chi connectivity index (χ0) is 30.1. The summed E-state index contributed by atoms with van der Waals surface area (Å²) in [5.41, 5.74) is 5.50. The largest absolute Gasteiger partial charge is 0.496 e. The molecule has 2 aromatic carbocycles. The summed E-state index contributed by atoms with van der Waals surface area (Å²) in [4.78, 5) is 33.1. The Hall–Kier alpha value is -3.21. The van der Waals surface area contributed by atoms with E-state index in [-0.39, 0.29) is 12.2 Å². The Balaban J connectivity index is 1.76. The highest BCUT2D eigenvalue weighted by Gasteiger charge is 2.36. The van der Waals surface area contributed by atoms with E-state index >= 15 is 0 Å². The van der Waals surface area contributed by atoms with Crippen molar-refractivity contribution in [1.82, 2.24) is 9.13 Å². The van der Waals surface area contributed by atoms with Crippen molar-refractivity contribution in [3.8, 4) is 11.4 Å². The van der Waals surface area contributed by atoms with Crippen LogP contribution < -0.4 is 19.6 Å². The van der Waals surface area contributed by atoms with Crippen LogP contribution in [0.4, 0.5) is 0 Å². The third-order valence-corrected chi connectivity index (χ3v) is 9.23. The summed E-state index contributed by atoms with van der Waals surface area (Å²) in [6.45, 7) is 8.12. The molecule has 2 aromatic heterocycles. The predicted octanol–water partition coefficient (Wildman–Crippen LogP) is 6.52. The molecule has 0 radical (unpaired) electrons. The number of methoxy groups -OCH3 is 1. The Labute approximate surface area is 265 Å². The fraction of sp³-hybridized carbons (Fsp3) is 0.281. The van der Waals surface area contributed by atoms with Crippen molar-refractivity contribution in [2.45, 2.75) is 46.6 Å². The van der Waals surface area contributed by atoms with Crippen LogP contribution in [-0.4, -0.2) is 28.8 Å². The number of aryl methyl sites for hydroxylation is 1. The first-order valence-electron chi connectivity index (χ1n) is 13.7. The average molecular weight is 713 g/mol. The van der Waals surface area contributed by atoms with Crippen molar-refractivity contribution in [3.05, 3.63) is 111 Å². The lowest BCUT2D eigenvalue weighted by molar-refractivity contribution is -0.139. The van der Waals surface area contributed by atoms with E-state index in [0.29, 0.717) is 38.3 Å². The molecule has 1 atom stereocenters. The van der Waals surface area contributed by atoms with Crippen molar-refractivity contribution in [2.24, 2.45) is 4.99 Å². The standard InChI is InChI=1S/C32H31Br2N3O4S/c1-6-8-25-28(31(39)41-7-2)29(24-17-22(34)11-14-26(24)40-5)37-30(38)27(42-32(37)35-25)16-20-15-18(3)36(19(20)4)23-12-9-21(33)10-13-23/h9-17,29H,6-8H2,1-5H3/b27-16+/t29-/m0/s1. The number of nitrogens with zero attached hydrogens (tertiary/aromatic N) is 3. The molecule has 0 fully saturated rings. The number of allylic oxidation sites excluding steroid dienone is 1. The maximum Gasteiger partial charge on any atom is 0.338 e. The van der Waals surface area contributed by atoms with Crippen molar-refractivity contribution in [3.63, 3.8) is 0 Å². The number of benzene rings is 2. The lowest BCUT2D eigenvalue weighted by Crippen LogP contribution is -2.40. The second-order valence-corrected chi connectivity index (χ2v) is 12.8. The lowest BCUT2D eigenvalue weighted by atomic mass is 9.93. The highest BCUT2D eigenvalue weighted by Crippen LogP contribution is 2.38. The predicted molar refractivity (Wildman–Crippen MR) is 173 cm³/mol. The number of esters is 1. The van der Waals surface area contributed by atoms with Gasteiger partial charge in [-0.15, -0.1) is 0 Å². The smallest absolute Gasteiger partial charge is 0.338 e. The summed E-state index contributed by atoms with van der Waals surface area (Å²) in [5.74, 6) is 0.0828. The first-order valence-corrected chi connectivity index (χ1v) is 16.1. The van der Waals surface area contributed by atoms with Crippen LogP contribution in [0.25, 0.3) is 11.8 Å². The number of carbonyl (C=O) groups excluding carboxylic acids is 1. The highest BCUT2D eigenvalue weighted by molar-refractivity contribution is 9.10. The number of thiazole rings is 1. The van der Waals surface area contributed by atoms with Gasteiger partial charge in [0.2, 0.25) is 0 Å². The van der Waals surface area contributed by atoms with Gasteiger partial charge in [0.25, 0.3) is 5.56 Å². The second kappa shape index (κ2) is 12.6. The van der Waals surface area contributed by atoms with Gasteiger partial charge in [0, 0.05) is 31.6 Å². The molecule has 4 aromatic rings. The van der Waals surface area contributed by atoms with E-state index in [4.69, 9.17) is 14.5 Å². The molecule has 0 spiro atoms. The van der Waals surface area contributed by atoms with Crippen LogP contribution in [0.15, 0.2) is 78.5 Å². The number of carbonyl (C=O) groups is 1. The molecule has 1 aliphatic heterocycles. The number of hydrogen-bond donors (Lipinski definition) is 0. The number of ether oxygens (including phenoxy) is 2. The van der Waals surface area contributed by atoms with Crippen molar-refractivity contribution in [2.75, 3.05) is 13.7 Å². The molecule has 10 heteroatoms. The summed E-state index contributed by atoms with van der Waals surface area (Å²) >= 11 is 8.40. The maximum absolute atomic E-state index is 14.2. The summed E-state index contributed by atoms with van der Waals surface area (Å²) in [5, 5.41) is 0. The number of aromatic nitrogens is 2. The van der Waals surface area contributed by atoms with Gasteiger partial charge in [-0.05, 0) is 87.4 Å². The van der Waals surface area contributed by atoms with Crippen molar-refractivity contribution >= 4 is 55.2 Å². The number of fused-ring (bicyclic) bond motifs is 1. The second-order valence-electron chi connectivity index (χ2n) is 9.94. The van der Waals surface area contributed by atoms with Gasteiger partial charge in [-0.25, -0.2) is 9.79 Å². The summed E-state index contributed by atoms with van der Waals surface area (Å²) in [6, 6.07) is 15.0. The lowest BCUT2D eigenvalue weighted by Gasteiger charge is -2.27. The molecule has 0 aliphatic carbocycles. The van der Waals surface area contributed by atoms with Gasteiger partial charge in [-0.2, -0.15) is 0 Å². The van der Waals surface area contributed by atoms with Crippen LogP contribution in [0.1, 0.15) is 55.2 Å². The Morgan fingerprint density at radius 3 is 2.45 bits per heavy atom. The van der Waals surface area contributed by atoms with E-state index in [1.807, 2.05) is 50.3 Å². The van der Waals surface area contributed by atoms with Crippen LogP contribution in [0, 0.1) is 13.8 Å². The first-order chi connectivity index (χ1) is 20.2. The monoisotopic (exact) mass is 711 g/mol. The van der Waals surface area contributed by atoms with Gasteiger partial charge in [-0.3, -0.25) is 9.36 Å².